The molecule has 2 heterocycles. The van der Waals surface area contributed by atoms with Crippen molar-refractivity contribution in [2.24, 2.45) is 0 Å². The predicted octanol–water partition coefficient (Wildman–Crippen LogP) is 3.26. The van der Waals surface area contributed by atoms with Gasteiger partial charge >= 0.3 is 0 Å². The number of fused-ring (bicyclic) bond motifs is 1. The highest BCUT2D eigenvalue weighted by Gasteiger charge is 2.17. The molecule has 1 N–H and O–H groups in total. The van der Waals surface area contributed by atoms with Gasteiger partial charge in [0.25, 0.3) is 11.8 Å². The minimum absolute atomic E-state index is 0.163. The Labute approximate surface area is 149 Å². The van der Waals surface area contributed by atoms with Crippen molar-refractivity contribution in [2.75, 3.05) is 6.79 Å². The number of hydrogen-bond acceptors (Lipinski definition) is 6. The van der Waals surface area contributed by atoms with Gasteiger partial charge in [0.1, 0.15) is 0 Å². The predicted molar refractivity (Wildman–Crippen MR) is 92.9 cm³/mol. The lowest BCUT2D eigenvalue weighted by Crippen LogP contribution is -2.26. The second-order valence-electron chi connectivity index (χ2n) is 6.03. The zero-order valence-electron chi connectivity index (χ0n) is 14.4. The molecule has 0 saturated carbocycles. The second kappa shape index (κ2) is 6.51. The smallest absolute Gasteiger partial charge is 0.257 e. The van der Waals surface area contributed by atoms with E-state index in [1.807, 2.05) is 25.1 Å². The van der Waals surface area contributed by atoms with Crippen molar-refractivity contribution in [2.45, 2.75) is 19.9 Å². The van der Waals surface area contributed by atoms with E-state index in [1.54, 1.807) is 31.2 Å². The summed E-state index contributed by atoms with van der Waals surface area (Å²) in [6.07, 6.45) is 0. The van der Waals surface area contributed by atoms with Gasteiger partial charge in [-0.05, 0) is 55.8 Å². The summed E-state index contributed by atoms with van der Waals surface area (Å²) in [5, 5.41) is 6.74. The quantitative estimate of drug-likeness (QED) is 0.776. The topological polar surface area (TPSA) is 86.5 Å². The van der Waals surface area contributed by atoms with Gasteiger partial charge in [-0.15, -0.1) is 0 Å². The molecule has 3 aromatic rings. The molecule has 1 aromatic heterocycles. The highest BCUT2D eigenvalue weighted by Crippen LogP contribution is 2.34. The summed E-state index contributed by atoms with van der Waals surface area (Å²) in [6.45, 7) is 3.91. The number of rotatable bonds is 4. The summed E-state index contributed by atoms with van der Waals surface area (Å²) in [6, 6.07) is 12.5. The Bertz CT molecular complexity index is 950. The fourth-order valence-electron chi connectivity index (χ4n) is 2.72. The largest absolute Gasteiger partial charge is 0.454 e. The average molecular weight is 351 g/mol. The summed E-state index contributed by atoms with van der Waals surface area (Å²) in [4.78, 5) is 16.7. The lowest BCUT2D eigenvalue weighted by atomic mass is 10.1. The molecular formula is C19H17N3O4. The maximum Gasteiger partial charge on any atom is 0.257 e. The van der Waals surface area contributed by atoms with Gasteiger partial charge in [0, 0.05) is 11.1 Å². The second-order valence-corrected chi connectivity index (χ2v) is 6.03. The number of aromatic nitrogens is 2. The minimum atomic E-state index is -0.171. The Hall–Kier alpha value is -3.35. The standard InChI is InChI=1S/C19H17N3O4/c1-11(15-7-8-16-17(9-15)25-10-24-16)20-18(23)13-3-5-14(6-4-13)19-21-12(2)22-26-19/h3-9,11H,10H2,1-2H3,(H,20,23). The Morgan fingerprint density at radius 3 is 2.62 bits per heavy atom. The van der Waals surface area contributed by atoms with Crippen molar-refractivity contribution in [3.8, 4) is 23.0 Å². The van der Waals surface area contributed by atoms with E-state index in [0.717, 1.165) is 16.9 Å². The van der Waals surface area contributed by atoms with Crippen LogP contribution in [0, 0.1) is 6.92 Å². The molecule has 1 unspecified atom stereocenters. The van der Waals surface area contributed by atoms with Crippen LogP contribution in [-0.2, 0) is 0 Å². The highest BCUT2D eigenvalue weighted by molar-refractivity contribution is 5.94. The molecule has 7 nitrogen and oxygen atoms in total. The van der Waals surface area contributed by atoms with Gasteiger partial charge in [0.2, 0.25) is 6.79 Å². The molecule has 0 saturated heterocycles. The number of carbonyl (C=O) groups excluding carboxylic acids is 1. The maximum atomic E-state index is 12.5. The first kappa shape index (κ1) is 16.1. The molecular weight excluding hydrogens is 334 g/mol. The summed E-state index contributed by atoms with van der Waals surface area (Å²) < 4.78 is 15.8. The molecule has 1 aliphatic rings. The van der Waals surface area contributed by atoms with Crippen LogP contribution in [0.2, 0.25) is 0 Å². The molecule has 1 amide bonds. The molecule has 0 aliphatic carbocycles. The lowest BCUT2D eigenvalue weighted by molar-refractivity contribution is 0.0940. The first-order valence-electron chi connectivity index (χ1n) is 8.21. The highest BCUT2D eigenvalue weighted by atomic mass is 16.7. The van der Waals surface area contributed by atoms with Gasteiger partial charge < -0.3 is 19.3 Å². The van der Waals surface area contributed by atoms with Gasteiger partial charge in [0.15, 0.2) is 17.3 Å². The normalized spacial score (nSPS) is 13.5. The van der Waals surface area contributed by atoms with Crippen LogP contribution < -0.4 is 14.8 Å². The first-order chi connectivity index (χ1) is 12.6. The van der Waals surface area contributed by atoms with Gasteiger partial charge in [0.05, 0.1) is 6.04 Å². The van der Waals surface area contributed by atoms with E-state index in [2.05, 4.69) is 15.5 Å². The van der Waals surface area contributed by atoms with E-state index in [0.29, 0.717) is 23.0 Å². The Morgan fingerprint density at radius 2 is 1.88 bits per heavy atom. The molecule has 1 atom stereocenters. The van der Waals surface area contributed by atoms with Crippen molar-refractivity contribution >= 4 is 5.91 Å². The number of hydrogen-bond donors (Lipinski definition) is 1. The monoisotopic (exact) mass is 351 g/mol. The van der Waals surface area contributed by atoms with Crippen LogP contribution in [-0.4, -0.2) is 22.8 Å². The lowest BCUT2D eigenvalue weighted by Gasteiger charge is -2.15. The van der Waals surface area contributed by atoms with E-state index in [4.69, 9.17) is 14.0 Å². The van der Waals surface area contributed by atoms with Crippen LogP contribution >= 0.6 is 0 Å². The third kappa shape index (κ3) is 3.11. The van der Waals surface area contributed by atoms with Crippen LogP contribution in [0.15, 0.2) is 47.0 Å². The molecule has 4 rings (SSSR count). The van der Waals surface area contributed by atoms with Crippen LogP contribution in [0.1, 0.15) is 34.7 Å². The third-order valence-electron chi connectivity index (χ3n) is 4.17. The molecule has 26 heavy (non-hydrogen) atoms. The summed E-state index contributed by atoms with van der Waals surface area (Å²) in [5.41, 5.74) is 2.27. The Balaban J connectivity index is 1.45. The number of nitrogens with one attached hydrogen (secondary N) is 1. The fourth-order valence-corrected chi connectivity index (χ4v) is 2.72. The zero-order valence-corrected chi connectivity index (χ0v) is 14.4. The van der Waals surface area contributed by atoms with Crippen LogP contribution in [0.3, 0.4) is 0 Å². The van der Waals surface area contributed by atoms with E-state index in [1.165, 1.54) is 0 Å². The molecule has 7 heteroatoms. The molecule has 2 aromatic carbocycles. The molecule has 0 fully saturated rings. The number of carbonyl (C=O) groups is 1. The third-order valence-corrected chi connectivity index (χ3v) is 4.17. The van der Waals surface area contributed by atoms with Crippen molar-refractivity contribution in [3.63, 3.8) is 0 Å². The first-order valence-corrected chi connectivity index (χ1v) is 8.21. The molecule has 0 spiro atoms. The van der Waals surface area contributed by atoms with Crippen LogP contribution in [0.25, 0.3) is 11.5 Å². The van der Waals surface area contributed by atoms with Gasteiger partial charge in [-0.2, -0.15) is 4.98 Å². The average Bonchev–Trinajstić information content (AvgIpc) is 3.29. The Morgan fingerprint density at radius 1 is 1.12 bits per heavy atom. The summed E-state index contributed by atoms with van der Waals surface area (Å²) in [7, 11) is 0. The fraction of sp³-hybridized carbons (Fsp3) is 0.211. The van der Waals surface area contributed by atoms with Gasteiger partial charge in [-0.1, -0.05) is 11.2 Å². The van der Waals surface area contributed by atoms with E-state index < -0.39 is 0 Å². The molecule has 1 aliphatic heterocycles. The number of benzene rings is 2. The number of amides is 1. The van der Waals surface area contributed by atoms with Crippen molar-refractivity contribution < 1.29 is 18.8 Å². The van der Waals surface area contributed by atoms with E-state index in [-0.39, 0.29) is 18.7 Å². The summed E-state index contributed by atoms with van der Waals surface area (Å²) >= 11 is 0. The van der Waals surface area contributed by atoms with Gasteiger partial charge in [-0.3, -0.25) is 4.79 Å². The molecule has 0 bridgehead atoms. The van der Waals surface area contributed by atoms with E-state index in [9.17, 15) is 4.79 Å². The van der Waals surface area contributed by atoms with Crippen molar-refractivity contribution in [3.05, 3.63) is 59.4 Å². The number of ether oxygens (including phenoxy) is 2. The van der Waals surface area contributed by atoms with E-state index >= 15 is 0 Å². The number of aryl methyl sites for hydroxylation is 1. The molecule has 132 valence electrons. The Kier molecular flexibility index (Phi) is 4.04. The van der Waals surface area contributed by atoms with Crippen molar-refractivity contribution in [1.82, 2.24) is 15.5 Å². The van der Waals surface area contributed by atoms with Gasteiger partial charge in [-0.25, -0.2) is 0 Å². The zero-order chi connectivity index (χ0) is 18.1. The number of nitrogens with zero attached hydrogens (tertiary/aromatic N) is 2. The van der Waals surface area contributed by atoms with Crippen LogP contribution in [0.5, 0.6) is 11.5 Å². The SMILES string of the molecule is Cc1noc(-c2ccc(C(=O)NC(C)c3ccc4c(c3)OCO4)cc2)n1. The maximum absolute atomic E-state index is 12.5. The van der Waals surface area contributed by atoms with Crippen molar-refractivity contribution in [1.29, 1.82) is 0 Å². The minimum Gasteiger partial charge on any atom is -0.454 e. The molecule has 0 radical (unpaired) electrons. The van der Waals surface area contributed by atoms with Crippen LogP contribution in [0.4, 0.5) is 0 Å². The summed E-state index contributed by atoms with van der Waals surface area (Å²) in [5.74, 6) is 2.26.